The third-order valence-electron chi connectivity index (χ3n) is 6.27. The number of carbonyl (C=O) groups excluding carboxylic acids is 2. The minimum Gasteiger partial charge on any atom is -0.481 e. The van der Waals surface area contributed by atoms with Gasteiger partial charge in [-0.1, -0.05) is 48.5 Å². The Kier molecular flexibility index (Phi) is 5.64. The van der Waals surface area contributed by atoms with Gasteiger partial charge in [-0.3, -0.25) is 19.4 Å². The fourth-order valence-electron chi connectivity index (χ4n) is 4.57. The third-order valence-corrected chi connectivity index (χ3v) is 6.27. The lowest BCUT2D eigenvalue weighted by atomic mass is 9.98. The highest BCUT2D eigenvalue weighted by atomic mass is 16.4. The number of nitrogens with zero attached hydrogens (tertiary/aromatic N) is 1. The van der Waals surface area contributed by atoms with Gasteiger partial charge in [0.25, 0.3) is 0 Å². The van der Waals surface area contributed by atoms with E-state index < -0.39 is 5.97 Å². The lowest BCUT2D eigenvalue weighted by Crippen LogP contribution is -2.23. The van der Waals surface area contributed by atoms with Crippen LogP contribution in [-0.4, -0.2) is 27.8 Å². The summed E-state index contributed by atoms with van der Waals surface area (Å²) in [6.45, 7) is 0. The number of benzene rings is 3. The van der Waals surface area contributed by atoms with Gasteiger partial charge >= 0.3 is 5.97 Å². The zero-order chi connectivity index (χ0) is 23.7. The summed E-state index contributed by atoms with van der Waals surface area (Å²) in [6, 6.07) is 22.1. The normalized spacial score (nSPS) is 12.9. The summed E-state index contributed by atoms with van der Waals surface area (Å²) in [5.41, 5.74) is 4.34. The quantitative estimate of drug-likeness (QED) is 0.423. The van der Waals surface area contributed by atoms with Crippen molar-refractivity contribution in [3.8, 4) is 0 Å². The number of carboxylic acid groups (broad SMARTS) is 1. The number of amides is 1. The molecule has 1 aliphatic rings. The van der Waals surface area contributed by atoms with Crippen LogP contribution in [0.25, 0.3) is 10.8 Å². The van der Waals surface area contributed by atoms with Gasteiger partial charge in [0.2, 0.25) is 11.7 Å². The van der Waals surface area contributed by atoms with Crippen molar-refractivity contribution in [1.82, 2.24) is 4.98 Å². The molecule has 0 aliphatic heterocycles. The SMILES string of the molecule is O=C(O)Cc1cnc(C(=O)c2ccc(NC(=O)C3Cc4ccccc4C3)cc2)c2ccccc12. The molecule has 1 heterocycles. The maximum absolute atomic E-state index is 13.2. The highest BCUT2D eigenvalue weighted by Crippen LogP contribution is 2.28. The number of ketones is 1. The average Bonchev–Trinajstić information content (AvgIpc) is 3.29. The van der Waals surface area contributed by atoms with Crippen molar-refractivity contribution in [2.24, 2.45) is 5.92 Å². The molecule has 0 unspecified atom stereocenters. The number of hydrogen-bond donors (Lipinski definition) is 2. The van der Waals surface area contributed by atoms with Crippen LogP contribution in [0.3, 0.4) is 0 Å². The summed E-state index contributed by atoms with van der Waals surface area (Å²) >= 11 is 0. The Morgan fingerprint density at radius 2 is 1.47 bits per heavy atom. The van der Waals surface area contributed by atoms with Gasteiger partial charge in [0, 0.05) is 28.8 Å². The van der Waals surface area contributed by atoms with Crippen molar-refractivity contribution in [3.63, 3.8) is 0 Å². The molecule has 1 aliphatic carbocycles. The number of carbonyl (C=O) groups is 3. The predicted molar refractivity (Wildman–Crippen MR) is 129 cm³/mol. The number of hydrogen-bond acceptors (Lipinski definition) is 4. The molecule has 0 atom stereocenters. The zero-order valence-corrected chi connectivity index (χ0v) is 18.3. The molecule has 5 rings (SSSR count). The van der Waals surface area contributed by atoms with Crippen LogP contribution in [0.1, 0.15) is 32.7 Å². The Labute approximate surface area is 196 Å². The molecule has 4 aromatic rings. The van der Waals surface area contributed by atoms with Gasteiger partial charge in [0.05, 0.1) is 6.42 Å². The molecule has 0 fully saturated rings. The minimum atomic E-state index is -0.954. The summed E-state index contributed by atoms with van der Waals surface area (Å²) < 4.78 is 0. The second kappa shape index (κ2) is 8.90. The highest BCUT2D eigenvalue weighted by Gasteiger charge is 2.27. The number of fused-ring (bicyclic) bond motifs is 2. The summed E-state index contributed by atoms with van der Waals surface area (Å²) in [5.74, 6) is -1.34. The van der Waals surface area contributed by atoms with Gasteiger partial charge in [-0.25, -0.2) is 0 Å². The van der Waals surface area contributed by atoms with E-state index in [-0.39, 0.29) is 29.7 Å². The number of aliphatic carboxylic acids is 1. The maximum Gasteiger partial charge on any atom is 0.307 e. The van der Waals surface area contributed by atoms with Crippen LogP contribution in [0.5, 0.6) is 0 Å². The molecule has 34 heavy (non-hydrogen) atoms. The van der Waals surface area contributed by atoms with Crippen molar-refractivity contribution < 1.29 is 19.5 Å². The Morgan fingerprint density at radius 1 is 0.853 bits per heavy atom. The third kappa shape index (κ3) is 4.18. The summed E-state index contributed by atoms with van der Waals surface area (Å²) in [6.07, 6.45) is 2.75. The molecule has 3 aromatic carbocycles. The summed E-state index contributed by atoms with van der Waals surface area (Å²) in [5, 5.41) is 13.4. The fourth-order valence-corrected chi connectivity index (χ4v) is 4.57. The second-order valence-corrected chi connectivity index (χ2v) is 8.52. The van der Waals surface area contributed by atoms with Crippen LogP contribution in [0.15, 0.2) is 79.0 Å². The van der Waals surface area contributed by atoms with Gasteiger partial charge in [0.15, 0.2) is 0 Å². The molecule has 0 saturated heterocycles. The first kappa shape index (κ1) is 21.5. The topological polar surface area (TPSA) is 96.4 Å². The number of nitrogens with one attached hydrogen (secondary N) is 1. The zero-order valence-electron chi connectivity index (χ0n) is 18.3. The van der Waals surface area contributed by atoms with Crippen molar-refractivity contribution in [1.29, 1.82) is 0 Å². The number of carboxylic acids is 1. The predicted octanol–water partition coefficient (Wildman–Crippen LogP) is 4.45. The van der Waals surface area contributed by atoms with Gasteiger partial charge in [0.1, 0.15) is 5.69 Å². The summed E-state index contributed by atoms with van der Waals surface area (Å²) in [4.78, 5) is 41.4. The second-order valence-electron chi connectivity index (χ2n) is 8.52. The molecule has 0 saturated carbocycles. The van der Waals surface area contributed by atoms with Crippen LogP contribution in [0.2, 0.25) is 0 Å². The standard InChI is InChI=1S/C28H22N2O4/c31-25(32)15-21-16-29-26(24-8-4-3-7-23(21)24)27(33)17-9-11-22(12-10-17)30-28(34)20-13-18-5-1-2-6-19(18)14-20/h1-12,16,20H,13-15H2,(H,30,34)(H,31,32). The molecule has 1 aromatic heterocycles. The van der Waals surface area contributed by atoms with Gasteiger partial charge in [-0.2, -0.15) is 0 Å². The smallest absolute Gasteiger partial charge is 0.307 e. The number of aromatic nitrogens is 1. The van der Waals surface area contributed by atoms with Crippen LogP contribution < -0.4 is 5.32 Å². The monoisotopic (exact) mass is 450 g/mol. The Hall–Kier alpha value is -4.32. The van der Waals surface area contributed by atoms with E-state index in [1.807, 2.05) is 18.2 Å². The Bertz CT molecular complexity index is 1400. The van der Waals surface area contributed by atoms with Gasteiger partial charge in [-0.05, 0) is 59.2 Å². The first-order valence-electron chi connectivity index (χ1n) is 11.1. The Balaban J connectivity index is 1.33. The van der Waals surface area contributed by atoms with E-state index in [4.69, 9.17) is 5.11 Å². The summed E-state index contributed by atoms with van der Waals surface area (Å²) in [7, 11) is 0. The van der Waals surface area contributed by atoms with Gasteiger partial charge < -0.3 is 10.4 Å². The van der Waals surface area contributed by atoms with E-state index in [1.54, 1.807) is 42.5 Å². The van der Waals surface area contributed by atoms with Crippen molar-refractivity contribution in [2.75, 3.05) is 5.32 Å². The number of pyridine rings is 1. The van der Waals surface area contributed by atoms with E-state index in [0.717, 1.165) is 12.8 Å². The first-order valence-corrected chi connectivity index (χ1v) is 11.1. The van der Waals surface area contributed by atoms with Crippen molar-refractivity contribution >= 4 is 34.1 Å². The number of rotatable bonds is 6. The van der Waals surface area contributed by atoms with Gasteiger partial charge in [-0.15, -0.1) is 0 Å². The fraction of sp³-hybridized carbons (Fsp3) is 0.143. The van der Waals surface area contributed by atoms with Crippen molar-refractivity contribution in [3.05, 3.63) is 107 Å². The number of anilines is 1. The van der Waals surface area contributed by atoms with Crippen LogP contribution in [0.4, 0.5) is 5.69 Å². The molecule has 6 heteroatoms. The van der Waals surface area contributed by atoms with Crippen molar-refractivity contribution in [2.45, 2.75) is 19.3 Å². The lowest BCUT2D eigenvalue weighted by Gasteiger charge is -2.11. The van der Waals surface area contributed by atoms with Crippen LogP contribution in [-0.2, 0) is 28.9 Å². The lowest BCUT2D eigenvalue weighted by molar-refractivity contribution is -0.136. The van der Waals surface area contributed by atoms with Crippen LogP contribution >= 0.6 is 0 Å². The maximum atomic E-state index is 13.2. The minimum absolute atomic E-state index is 0.0306. The molecule has 0 spiro atoms. The molecular formula is C28H22N2O4. The van der Waals surface area contributed by atoms with Crippen LogP contribution in [0, 0.1) is 5.92 Å². The van der Waals surface area contributed by atoms with E-state index in [0.29, 0.717) is 27.6 Å². The molecule has 0 bridgehead atoms. The molecule has 1 amide bonds. The van der Waals surface area contributed by atoms with E-state index >= 15 is 0 Å². The largest absolute Gasteiger partial charge is 0.481 e. The molecule has 168 valence electrons. The van der Waals surface area contributed by atoms with E-state index in [2.05, 4.69) is 22.4 Å². The molecule has 0 radical (unpaired) electrons. The van der Waals surface area contributed by atoms with E-state index in [1.165, 1.54) is 17.3 Å². The molecular weight excluding hydrogens is 428 g/mol. The van der Waals surface area contributed by atoms with E-state index in [9.17, 15) is 14.4 Å². The average molecular weight is 450 g/mol. The Morgan fingerprint density at radius 3 is 2.12 bits per heavy atom. The molecule has 6 nitrogen and oxygen atoms in total. The molecule has 2 N–H and O–H groups in total. The first-order chi connectivity index (χ1) is 16.5. The highest BCUT2D eigenvalue weighted by molar-refractivity contribution is 6.15.